The fourth-order valence-corrected chi connectivity index (χ4v) is 4.84. The van der Waals surface area contributed by atoms with Gasteiger partial charge in [-0.2, -0.15) is 4.31 Å². The Balaban J connectivity index is 0.00000363. The number of ether oxygens (including phenoxy) is 1. The molecule has 2 heterocycles. The number of rotatable bonds is 10. The highest BCUT2D eigenvalue weighted by atomic mass is 127. The van der Waals surface area contributed by atoms with Crippen LogP contribution >= 0.6 is 24.0 Å². The molecule has 3 rings (SSSR count). The molecule has 0 saturated carbocycles. The van der Waals surface area contributed by atoms with Gasteiger partial charge in [-0.3, -0.25) is 4.99 Å². The van der Waals surface area contributed by atoms with Gasteiger partial charge in [-0.25, -0.2) is 8.42 Å². The minimum Gasteiger partial charge on any atom is -0.381 e. The number of aliphatic imine (C=N–C) groups is 1. The Morgan fingerprint density at radius 2 is 1.91 bits per heavy atom. The number of halogens is 1. The van der Waals surface area contributed by atoms with Crippen LogP contribution in [-0.4, -0.2) is 81.7 Å². The molecule has 1 saturated heterocycles. The molecule has 0 amide bonds. The Labute approximate surface area is 207 Å². The smallest absolute Gasteiger partial charge is 0.220 e. The van der Waals surface area contributed by atoms with E-state index in [2.05, 4.69) is 32.5 Å². The molecular weight excluding hydrogens is 545 g/mol. The van der Waals surface area contributed by atoms with Crippen LogP contribution < -0.4 is 5.32 Å². The molecule has 1 aromatic heterocycles. The van der Waals surface area contributed by atoms with Crippen LogP contribution in [0.1, 0.15) is 17.7 Å². The van der Waals surface area contributed by atoms with Gasteiger partial charge in [-0.1, -0.05) is 35.5 Å². The quantitative estimate of drug-likeness (QED) is 0.200. The Bertz CT molecular complexity index is 902. The second kappa shape index (κ2) is 13.8. The molecule has 178 valence electrons. The van der Waals surface area contributed by atoms with E-state index in [0.717, 1.165) is 25.3 Å². The molecular formula is C21H32IN5O4S. The van der Waals surface area contributed by atoms with Crippen molar-refractivity contribution in [2.45, 2.75) is 18.6 Å². The van der Waals surface area contributed by atoms with Gasteiger partial charge in [0.25, 0.3) is 0 Å². The molecule has 0 unspecified atom stereocenters. The summed E-state index contributed by atoms with van der Waals surface area (Å²) in [6.07, 6.45) is 3.17. The monoisotopic (exact) mass is 577 g/mol. The predicted molar refractivity (Wildman–Crippen MR) is 135 cm³/mol. The zero-order valence-corrected chi connectivity index (χ0v) is 21.5. The SMILES string of the molecule is CN=C(NCCCOCCc1ccccc1)N1CCN(S(=O)(=O)Cc2ccon2)CC1.I. The van der Waals surface area contributed by atoms with E-state index in [-0.39, 0.29) is 29.7 Å². The molecule has 32 heavy (non-hydrogen) atoms. The number of sulfonamides is 1. The third-order valence-electron chi connectivity index (χ3n) is 5.09. The molecule has 1 aliphatic rings. The van der Waals surface area contributed by atoms with Gasteiger partial charge in [0.15, 0.2) is 5.96 Å². The van der Waals surface area contributed by atoms with Crippen LogP contribution in [0.5, 0.6) is 0 Å². The summed E-state index contributed by atoms with van der Waals surface area (Å²) in [4.78, 5) is 6.42. The molecule has 0 aliphatic carbocycles. The van der Waals surface area contributed by atoms with Gasteiger partial charge in [-0.15, -0.1) is 24.0 Å². The topological polar surface area (TPSA) is 100 Å². The first-order chi connectivity index (χ1) is 15.1. The Morgan fingerprint density at radius 3 is 2.56 bits per heavy atom. The summed E-state index contributed by atoms with van der Waals surface area (Å²) in [6.45, 7) is 4.17. The molecule has 0 bridgehead atoms. The summed E-state index contributed by atoms with van der Waals surface area (Å²) < 4.78 is 37.1. The summed E-state index contributed by atoms with van der Waals surface area (Å²) in [5.41, 5.74) is 1.70. The van der Waals surface area contributed by atoms with Crippen molar-refractivity contribution in [1.82, 2.24) is 19.7 Å². The lowest BCUT2D eigenvalue weighted by molar-refractivity contribution is 0.135. The van der Waals surface area contributed by atoms with Crippen LogP contribution in [0, 0.1) is 0 Å². The average molecular weight is 577 g/mol. The van der Waals surface area contributed by atoms with Gasteiger partial charge in [0.2, 0.25) is 10.0 Å². The zero-order valence-electron chi connectivity index (χ0n) is 18.4. The molecule has 9 nitrogen and oxygen atoms in total. The number of nitrogens with zero attached hydrogens (tertiary/aromatic N) is 4. The predicted octanol–water partition coefficient (Wildman–Crippen LogP) is 1.96. The maximum absolute atomic E-state index is 12.6. The molecule has 1 N–H and O–H groups in total. The van der Waals surface area contributed by atoms with E-state index < -0.39 is 10.0 Å². The van der Waals surface area contributed by atoms with E-state index in [1.54, 1.807) is 13.1 Å². The van der Waals surface area contributed by atoms with Crippen LogP contribution in [0.25, 0.3) is 0 Å². The van der Waals surface area contributed by atoms with Crippen molar-refractivity contribution in [3.05, 3.63) is 53.9 Å². The Kier molecular flexibility index (Phi) is 11.4. The fraction of sp³-hybridized carbons (Fsp3) is 0.524. The minimum absolute atomic E-state index is 0. The second-order valence-electron chi connectivity index (χ2n) is 7.31. The van der Waals surface area contributed by atoms with Crippen LogP contribution in [0.15, 0.2) is 52.2 Å². The Hall–Kier alpha value is -1.70. The first-order valence-corrected chi connectivity index (χ1v) is 12.1. The van der Waals surface area contributed by atoms with Crippen molar-refractivity contribution in [2.24, 2.45) is 4.99 Å². The summed E-state index contributed by atoms with van der Waals surface area (Å²) in [7, 11) is -1.66. The van der Waals surface area contributed by atoms with Crippen LogP contribution in [-0.2, 0) is 26.9 Å². The molecule has 1 aromatic carbocycles. The lowest BCUT2D eigenvalue weighted by Crippen LogP contribution is -2.54. The van der Waals surface area contributed by atoms with Gasteiger partial charge < -0.3 is 19.5 Å². The van der Waals surface area contributed by atoms with Crippen molar-refractivity contribution >= 4 is 40.0 Å². The molecule has 0 atom stereocenters. The number of aromatic nitrogens is 1. The maximum Gasteiger partial charge on any atom is 0.220 e. The highest BCUT2D eigenvalue weighted by molar-refractivity contribution is 14.0. The van der Waals surface area contributed by atoms with Crippen LogP contribution in [0.2, 0.25) is 0 Å². The largest absolute Gasteiger partial charge is 0.381 e. The third-order valence-corrected chi connectivity index (χ3v) is 6.90. The van der Waals surface area contributed by atoms with Gasteiger partial charge in [-0.05, 0) is 18.4 Å². The van der Waals surface area contributed by atoms with E-state index in [1.807, 2.05) is 18.2 Å². The molecule has 11 heteroatoms. The van der Waals surface area contributed by atoms with Crippen LogP contribution in [0.4, 0.5) is 0 Å². The van der Waals surface area contributed by atoms with Crippen molar-refractivity contribution in [3.8, 4) is 0 Å². The van der Waals surface area contributed by atoms with E-state index in [9.17, 15) is 8.42 Å². The van der Waals surface area contributed by atoms with Gasteiger partial charge >= 0.3 is 0 Å². The number of hydrogen-bond acceptors (Lipinski definition) is 6. The van der Waals surface area contributed by atoms with Gasteiger partial charge in [0.05, 0.1) is 12.3 Å². The normalized spacial score (nSPS) is 15.4. The van der Waals surface area contributed by atoms with Gasteiger partial charge in [0.1, 0.15) is 12.0 Å². The van der Waals surface area contributed by atoms with E-state index in [4.69, 9.17) is 9.26 Å². The number of benzene rings is 1. The maximum atomic E-state index is 12.6. The van der Waals surface area contributed by atoms with Crippen molar-refractivity contribution in [1.29, 1.82) is 0 Å². The van der Waals surface area contributed by atoms with Crippen molar-refractivity contribution < 1.29 is 17.7 Å². The lowest BCUT2D eigenvalue weighted by Gasteiger charge is -2.35. The summed E-state index contributed by atoms with van der Waals surface area (Å²) in [5, 5.41) is 7.04. The molecule has 0 spiro atoms. The molecule has 1 aliphatic heterocycles. The van der Waals surface area contributed by atoms with Crippen LogP contribution in [0.3, 0.4) is 0 Å². The third kappa shape index (κ3) is 8.34. The molecule has 2 aromatic rings. The van der Waals surface area contributed by atoms with E-state index in [0.29, 0.717) is 45.1 Å². The first-order valence-electron chi connectivity index (χ1n) is 10.5. The first kappa shape index (κ1) is 26.6. The second-order valence-corrected chi connectivity index (χ2v) is 9.28. The fourth-order valence-electron chi connectivity index (χ4n) is 3.41. The average Bonchev–Trinajstić information content (AvgIpc) is 3.29. The summed E-state index contributed by atoms with van der Waals surface area (Å²) in [5.74, 6) is 0.652. The molecule has 0 radical (unpaired) electrons. The standard InChI is InChI=1S/C21H31N5O4S.HI/c1-22-21(23-10-5-15-29-16-8-19-6-3-2-4-7-19)25-11-13-26(14-12-25)31(27,28)18-20-9-17-30-24-20;/h2-4,6-7,9,17H,5,8,10-16,18H2,1H3,(H,22,23);1H. The van der Waals surface area contributed by atoms with Crippen molar-refractivity contribution in [2.75, 3.05) is 53.0 Å². The van der Waals surface area contributed by atoms with E-state index in [1.165, 1.54) is 16.1 Å². The lowest BCUT2D eigenvalue weighted by atomic mass is 10.2. The summed E-state index contributed by atoms with van der Waals surface area (Å²) >= 11 is 0. The number of nitrogens with one attached hydrogen (secondary N) is 1. The zero-order chi connectivity index (χ0) is 21.9. The number of piperazine rings is 1. The van der Waals surface area contributed by atoms with Gasteiger partial charge in [0, 0.05) is 52.4 Å². The molecule has 1 fully saturated rings. The van der Waals surface area contributed by atoms with Crippen molar-refractivity contribution in [3.63, 3.8) is 0 Å². The summed E-state index contributed by atoms with van der Waals surface area (Å²) in [6, 6.07) is 11.9. The number of guanidine groups is 1. The van der Waals surface area contributed by atoms with E-state index >= 15 is 0 Å². The number of hydrogen-bond donors (Lipinski definition) is 1. The highest BCUT2D eigenvalue weighted by Crippen LogP contribution is 2.12. The minimum atomic E-state index is -3.40. The highest BCUT2D eigenvalue weighted by Gasteiger charge is 2.28. The Morgan fingerprint density at radius 1 is 1.16 bits per heavy atom.